The highest BCUT2D eigenvalue weighted by molar-refractivity contribution is 6.05. The van der Waals surface area contributed by atoms with Crippen LogP contribution in [0.25, 0.3) is 0 Å². The molecule has 2 rings (SSSR count). The molecule has 0 unspecified atom stereocenters. The van der Waals surface area contributed by atoms with Gasteiger partial charge in [-0.15, -0.1) is 0 Å². The number of esters is 1. The summed E-state index contributed by atoms with van der Waals surface area (Å²) in [5.41, 5.74) is 1.33. The molecule has 0 atom stereocenters. The summed E-state index contributed by atoms with van der Waals surface area (Å²) in [4.78, 5) is 24.0. The largest absolute Gasteiger partial charge is 0.462 e. The van der Waals surface area contributed by atoms with Gasteiger partial charge in [0.15, 0.2) is 0 Å². The lowest BCUT2D eigenvalue weighted by molar-refractivity contribution is 0.0527. The van der Waals surface area contributed by atoms with E-state index in [1.54, 1.807) is 55.5 Å². The molecular formula is C17H15N3O3. The Bertz CT molecular complexity index is 766. The summed E-state index contributed by atoms with van der Waals surface area (Å²) in [6.45, 7) is 1.95. The van der Waals surface area contributed by atoms with Crippen molar-refractivity contribution in [2.75, 3.05) is 17.2 Å². The third-order valence-corrected chi connectivity index (χ3v) is 2.97. The number of nitrogens with one attached hydrogen (secondary N) is 2. The minimum atomic E-state index is -0.551. The van der Waals surface area contributed by atoms with Gasteiger partial charge >= 0.3 is 12.0 Å². The lowest BCUT2D eigenvalue weighted by Gasteiger charge is -2.11. The molecule has 0 aromatic heterocycles. The van der Waals surface area contributed by atoms with Gasteiger partial charge in [0.1, 0.15) is 6.07 Å². The Balaban J connectivity index is 2.15. The summed E-state index contributed by atoms with van der Waals surface area (Å²) in [6.07, 6.45) is 0. The fourth-order valence-electron chi connectivity index (χ4n) is 1.94. The number of carbonyl (C=O) groups excluding carboxylic acids is 2. The van der Waals surface area contributed by atoms with Crippen LogP contribution in [0.4, 0.5) is 16.2 Å². The molecule has 2 aromatic rings. The average Bonchev–Trinajstić information content (AvgIpc) is 2.56. The lowest BCUT2D eigenvalue weighted by Crippen LogP contribution is -2.21. The number of urea groups is 1. The van der Waals surface area contributed by atoms with E-state index in [4.69, 9.17) is 10.00 Å². The monoisotopic (exact) mass is 309 g/mol. The zero-order valence-electron chi connectivity index (χ0n) is 12.5. The molecule has 0 aliphatic heterocycles. The molecule has 6 nitrogen and oxygen atoms in total. The second-order valence-corrected chi connectivity index (χ2v) is 4.50. The molecule has 2 N–H and O–H groups in total. The van der Waals surface area contributed by atoms with Crippen LogP contribution < -0.4 is 10.6 Å². The number of ether oxygens (including phenoxy) is 1. The molecule has 0 spiro atoms. The van der Waals surface area contributed by atoms with E-state index >= 15 is 0 Å². The van der Waals surface area contributed by atoms with Crippen molar-refractivity contribution in [3.63, 3.8) is 0 Å². The van der Waals surface area contributed by atoms with E-state index < -0.39 is 12.0 Å². The van der Waals surface area contributed by atoms with Crippen molar-refractivity contribution in [1.29, 1.82) is 5.26 Å². The summed E-state index contributed by atoms with van der Waals surface area (Å²) in [7, 11) is 0. The van der Waals surface area contributed by atoms with Crippen LogP contribution in [-0.2, 0) is 4.74 Å². The highest BCUT2D eigenvalue weighted by atomic mass is 16.5. The Morgan fingerprint density at radius 3 is 2.35 bits per heavy atom. The summed E-state index contributed by atoms with van der Waals surface area (Å²) in [5.74, 6) is -0.513. The summed E-state index contributed by atoms with van der Waals surface area (Å²) < 4.78 is 4.95. The molecule has 0 aliphatic carbocycles. The first-order chi connectivity index (χ1) is 11.2. The van der Waals surface area contributed by atoms with Crippen LogP contribution in [0.5, 0.6) is 0 Å². The number of amides is 2. The molecule has 0 radical (unpaired) electrons. The van der Waals surface area contributed by atoms with Gasteiger partial charge in [-0.25, -0.2) is 9.59 Å². The van der Waals surface area contributed by atoms with Crippen molar-refractivity contribution in [2.24, 2.45) is 0 Å². The Kier molecular flexibility index (Phi) is 5.31. The van der Waals surface area contributed by atoms with Crippen LogP contribution in [-0.4, -0.2) is 18.6 Å². The second kappa shape index (κ2) is 7.61. The highest BCUT2D eigenvalue weighted by Gasteiger charge is 2.14. The number of carbonyl (C=O) groups is 2. The van der Waals surface area contributed by atoms with Gasteiger partial charge in [0.05, 0.1) is 29.1 Å². The van der Waals surface area contributed by atoms with Crippen molar-refractivity contribution in [3.05, 3.63) is 59.7 Å². The maximum Gasteiger partial charge on any atom is 0.340 e. The summed E-state index contributed by atoms with van der Waals surface area (Å²) in [6, 6.07) is 14.6. The second-order valence-electron chi connectivity index (χ2n) is 4.50. The average molecular weight is 309 g/mol. The van der Waals surface area contributed by atoms with Gasteiger partial charge in [-0.05, 0) is 31.2 Å². The minimum absolute atomic E-state index is 0.245. The predicted octanol–water partition coefficient (Wildman–Crippen LogP) is 3.38. The number of para-hydroxylation sites is 2. The Hall–Kier alpha value is -3.33. The molecule has 0 fully saturated rings. The topological polar surface area (TPSA) is 91.2 Å². The third-order valence-electron chi connectivity index (χ3n) is 2.97. The number of rotatable bonds is 4. The predicted molar refractivity (Wildman–Crippen MR) is 86.2 cm³/mol. The molecule has 0 bridgehead atoms. The molecule has 6 heteroatoms. The van der Waals surface area contributed by atoms with Gasteiger partial charge in [-0.1, -0.05) is 24.3 Å². The van der Waals surface area contributed by atoms with E-state index in [1.165, 1.54) is 0 Å². The van der Waals surface area contributed by atoms with Crippen LogP contribution in [0.15, 0.2) is 48.5 Å². The first-order valence-electron chi connectivity index (χ1n) is 6.99. The number of anilines is 2. The standard InChI is InChI=1S/C17H15N3O3/c1-2-23-16(21)13-8-4-6-10-15(13)20-17(22)19-14-9-5-3-7-12(14)11-18/h3-10H,2H2,1H3,(H2,19,20,22). The zero-order valence-corrected chi connectivity index (χ0v) is 12.5. The molecule has 0 saturated heterocycles. The highest BCUT2D eigenvalue weighted by Crippen LogP contribution is 2.18. The van der Waals surface area contributed by atoms with Crippen molar-refractivity contribution in [1.82, 2.24) is 0 Å². The Morgan fingerprint density at radius 2 is 1.65 bits per heavy atom. The van der Waals surface area contributed by atoms with Crippen LogP contribution in [0, 0.1) is 11.3 Å². The van der Waals surface area contributed by atoms with E-state index in [1.807, 2.05) is 6.07 Å². The molecule has 0 saturated carbocycles. The quantitative estimate of drug-likeness (QED) is 0.847. The molecular weight excluding hydrogens is 294 g/mol. The van der Waals surface area contributed by atoms with Gasteiger partial charge < -0.3 is 15.4 Å². The van der Waals surface area contributed by atoms with Crippen molar-refractivity contribution < 1.29 is 14.3 Å². The van der Waals surface area contributed by atoms with E-state index in [0.29, 0.717) is 16.9 Å². The van der Waals surface area contributed by atoms with Gasteiger partial charge in [0, 0.05) is 0 Å². The van der Waals surface area contributed by atoms with Crippen molar-refractivity contribution in [3.8, 4) is 6.07 Å². The molecule has 0 heterocycles. The van der Waals surface area contributed by atoms with Crippen LogP contribution in [0.1, 0.15) is 22.8 Å². The van der Waals surface area contributed by atoms with Crippen molar-refractivity contribution >= 4 is 23.4 Å². The number of benzene rings is 2. The molecule has 2 amide bonds. The number of hydrogen-bond acceptors (Lipinski definition) is 4. The molecule has 0 aliphatic rings. The van der Waals surface area contributed by atoms with Crippen LogP contribution >= 0.6 is 0 Å². The van der Waals surface area contributed by atoms with Crippen molar-refractivity contribution in [2.45, 2.75) is 6.92 Å². The maximum atomic E-state index is 12.1. The SMILES string of the molecule is CCOC(=O)c1ccccc1NC(=O)Nc1ccccc1C#N. The normalized spacial score (nSPS) is 9.57. The first kappa shape index (κ1) is 16.0. The molecule has 23 heavy (non-hydrogen) atoms. The number of hydrogen-bond donors (Lipinski definition) is 2. The molecule has 2 aromatic carbocycles. The summed E-state index contributed by atoms with van der Waals surface area (Å²) in [5, 5.41) is 14.2. The van der Waals surface area contributed by atoms with E-state index in [2.05, 4.69) is 10.6 Å². The van der Waals surface area contributed by atoms with Gasteiger partial charge in [0.25, 0.3) is 0 Å². The minimum Gasteiger partial charge on any atom is -0.462 e. The van der Waals surface area contributed by atoms with Gasteiger partial charge in [-0.2, -0.15) is 5.26 Å². The van der Waals surface area contributed by atoms with E-state index in [9.17, 15) is 9.59 Å². The maximum absolute atomic E-state index is 12.1. The zero-order chi connectivity index (χ0) is 16.7. The van der Waals surface area contributed by atoms with Gasteiger partial charge in [-0.3, -0.25) is 0 Å². The van der Waals surface area contributed by atoms with Crippen LogP contribution in [0.2, 0.25) is 0 Å². The van der Waals surface area contributed by atoms with Gasteiger partial charge in [0.2, 0.25) is 0 Å². The smallest absolute Gasteiger partial charge is 0.340 e. The van der Waals surface area contributed by atoms with E-state index in [-0.39, 0.29) is 12.2 Å². The Labute approximate surface area is 133 Å². The summed E-state index contributed by atoms with van der Waals surface area (Å²) >= 11 is 0. The third kappa shape index (κ3) is 4.08. The molecule has 116 valence electrons. The fourth-order valence-corrected chi connectivity index (χ4v) is 1.94. The first-order valence-corrected chi connectivity index (χ1v) is 6.99. The fraction of sp³-hybridized carbons (Fsp3) is 0.118. The van der Waals surface area contributed by atoms with Crippen LogP contribution in [0.3, 0.4) is 0 Å². The lowest BCUT2D eigenvalue weighted by atomic mass is 10.2. The van der Waals surface area contributed by atoms with E-state index in [0.717, 1.165) is 0 Å². The Morgan fingerprint density at radius 1 is 1.04 bits per heavy atom. The number of nitriles is 1. The number of nitrogens with zero attached hydrogens (tertiary/aromatic N) is 1.